The smallest absolute Gasteiger partial charge is 0.107 e. The lowest BCUT2D eigenvalue weighted by atomic mass is 10.1. The van der Waals surface area contributed by atoms with Crippen molar-refractivity contribution in [3.05, 3.63) is 0 Å². The maximum atomic E-state index is 13.2. The Morgan fingerprint density at radius 3 is 2.30 bits per heavy atom. The molecule has 56 valence electrons. The van der Waals surface area contributed by atoms with Gasteiger partial charge in [0.05, 0.1) is 0 Å². The number of hydrogen-bond acceptors (Lipinski definition) is 1. The van der Waals surface area contributed by atoms with E-state index in [0.29, 0.717) is 17.1 Å². The minimum Gasteiger partial charge on any atom is -0.247 e. The van der Waals surface area contributed by atoms with Gasteiger partial charge in [0, 0.05) is 11.2 Å². The summed E-state index contributed by atoms with van der Waals surface area (Å²) in [6.07, 6.45) is 2.93. The Morgan fingerprint density at radius 1 is 1.30 bits per heavy atom. The van der Waals surface area contributed by atoms with Crippen molar-refractivity contribution in [2.45, 2.75) is 17.8 Å². The van der Waals surface area contributed by atoms with Crippen molar-refractivity contribution >= 4 is 11.8 Å². The molecule has 4 saturated carbocycles. The third-order valence-electron chi connectivity index (χ3n) is 3.69. The molecule has 0 spiro atoms. The van der Waals surface area contributed by atoms with Crippen LogP contribution in [-0.4, -0.2) is 17.7 Å². The minimum absolute atomic E-state index is 0.410. The summed E-state index contributed by atoms with van der Waals surface area (Å²) in [5, 5.41) is 0.699. The second-order valence-electron chi connectivity index (χ2n) is 3.86. The predicted octanol–water partition coefficient (Wildman–Crippen LogP) is 1.95. The molecule has 4 rings (SSSR count). The SMILES string of the molecule is CS[C@@H]1C2C3[C@H]2C[C@H]1[C@H]3F. The molecule has 4 bridgehead atoms. The van der Waals surface area contributed by atoms with Crippen molar-refractivity contribution < 1.29 is 4.39 Å². The van der Waals surface area contributed by atoms with Crippen molar-refractivity contribution in [3.8, 4) is 0 Å². The molecule has 10 heavy (non-hydrogen) atoms. The zero-order valence-corrected chi connectivity index (χ0v) is 6.77. The third-order valence-corrected chi connectivity index (χ3v) is 4.90. The van der Waals surface area contributed by atoms with E-state index in [1.54, 1.807) is 0 Å². The Hall–Kier alpha value is 0.280. The summed E-state index contributed by atoms with van der Waals surface area (Å²) >= 11 is 1.90. The molecule has 4 aliphatic carbocycles. The molecule has 0 aromatic carbocycles. The molecular weight excluding hydrogens is 147 g/mol. The molecule has 0 aromatic rings. The van der Waals surface area contributed by atoms with Crippen LogP contribution >= 0.6 is 11.8 Å². The molecule has 0 N–H and O–H groups in total. The molecular formula is C8H11FS. The van der Waals surface area contributed by atoms with Gasteiger partial charge in [-0.25, -0.2) is 4.39 Å². The zero-order chi connectivity index (χ0) is 6.88. The van der Waals surface area contributed by atoms with E-state index in [9.17, 15) is 4.39 Å². The topological polar surface area (TPSA) is 0 Å². The van der Waals surface area contributed by atoms with Crippen molar-refractivity contribution in [1.82, 2.24) is 0 Å². The highest BCUT2D eigenvalue weighted by molar-refractivity contribution is 7.99. The number of alkyl halides is 1. The van der Waals surface area contributed by atoms with E-state index in [1.807, 2.05) is 11.8 Å². The number of hydrogen-bond donors (Lipinski definition) is 0. The van der Waals surface area contributed by atoms with E-state index in [1.165, 1.54) is 6.42 Å². The molecule has 6 atom stereocenters. The van der Waals surface area contributed by atoms with Gasteiger partial charge in [-0.15, -0.1) is 0 Å². The van der Waals surface area contributed by atoms with Gasteiger partial charge in [-0.1, -0.05) is 0 Å². The summed E-state index contributed by atoms with van der Waals surface area (Å²) in [6.45, 7) is 0. The van der Waals surface area contributed by atoms with Crippen molar-refractivity contribution in [2.75, 3.05) is 6.26 Å². The van der Waals surface area contributed by atoms with Gasteiger partial charge in [0.25, 0.3) is 0 Å². The third kappa shape index (κ3) is 0.421. The molecule has 4 aliphatic rings. The van der Waals surface area contributed by atoms with E-state index < -0.39 is 6.17 Å². The summed E-state index contributed by atoms with van der Waals surface area (Å²) in [5.41, 5.74) is 0. The van der Waals surface area contributed by atoms with Gasteiger partial charge in [0.2, 0.25) is 0 Å². The van der Waals surface area contributed by atoms with E-state index in [-0.39, 0.29) is 0 Å². The molecule has 2 heteroatoms. The molecule has 2 unspecified atom stereocenters. The monoisotopic (exact) mass is 158 g/mol. The summed E-state index contributed by atoms with van der Waals surface area (Å²) in [6, 6.07) is 0. The van der Waals surface area contributed by atoms with Gasteiger partial charge >= 0.3 is 0 Å². The molecule has 0 saturated heterocycles. The maximum Gasteiger partial charge on any atom is 0.107 e. The van der Waals surface area contributed by atoms with Crippen LogP contribution in [0.5, 0.6) is 0 Å². The number of thioether (sulfide) groups is 1. The first kappa shape index (κ1) is 5.87. The molecule has 0 amide bonds. The second kappa shape index (κ2) is 1.55. The van der Waals surface area contributed by atoms with E-state index in [0.717, 1.165) is 11.8 Å². The van der Waals surface area contributed by atoms with E-state index in [2.05, 4.69) is 6.26 Å². The molecule has 0 heterocycles. The lowest BCUT2D eigenvalue weighted by Gasteiger charge is -2.11. The number of rotatable bonds is 1. The molecule has 0 nitrogen and oxygen atoms in total. The number of halogens is 1. The Balaban J connectivity index is 1.95. The van der Waals surface area contributed by atoms with Crippen LogP contribution in [0, 0.1) is 23.7 Å². The van der Waals surface area contributed by atoms with Crippen LogP contribution in [0.15, 0.2) is 0 Å². The van der Waals surface area contributed by atoms with Crippen LogP contribution in [0.25, 0.3) is 0 Å². The molecule has 4 fully saturated rings. The standard InChI is InChI=1S/C8H11FS/c1-10-8-4-2-3-5(6(3)8)7(4)9/h3-8H,2H2,1H3/t3-,4+,5?,6?,7-,8+/m1/s1. The first-order valence-corrected chi connectivity index (χ1v) is 5.30. The van der Waals surface area contributed by atoms with E-state index >= 15 is 0 Å². The average molecular weight is 158 g/mol. The first-order valence-electron chi connectivity index (χ1n) is 4.01. The van der Waals surface area contributed by atoms with Crippen molar-refractivity contribution in [2.24, 2.45) is 23.7 Å². The Bertz CT molecular complexity index is 182. The highest BCUT2D eigenvalue weighted by Crippen LogP contribution is 2.73. The Morgan fingerprint density at radius 2 is 2.10 bits per heavy atom. The Kier molecular flexibility index (Phi) is 0.908. The molecule has 0 aromatic heterocycles. The summed E-state index contributed by atoms with van der Waals surface area (Å²) in [4.78, 5) is 0. The lowest BCUT2D eigenvalue weighted by molar-refractivity contribution is 0.273. The highest BCUT2D eigenvalue weighted by Gasteiger charge is 2.73. The highest BCUT2D eigenvalue weighted by atomic mass is 32.2. The van der Waals surface area contributed by atoms with E-state index in [4.69, 9.17) is 0 Å². The fraction of sp³-hybridized carbons (Fsp3) is 1.00. The van der Waals surface area contributed by atoms with Crippen LogP contribution in [-0.2, 0) is 0 Å². The van der Waals surface area contributed by atoms with Gasteiger partial charge in [-0.05, 0) is 30.4 Å². The van der Waals surface area contributed by atoms with Gasteiger partial charge in [0.15, 0.2) is 0 Å². The fourth-order valence-corrected chi connectivity index (χ4v) is 4.62. The van der Waals surface area contributed by atoms with Gasteiger partial charge in [-0.2, -0.15) is 11.8 Å². The summed E-state index contributed by atoms with van der Waals surface area (Å²) in [7, 11) is 0. The van der Waals surface area contributed by atoms with Crippen molar-refractivity contribution in [1.29, 1.82) is 0 Å². The Labute approximate surface area is 64.6 Å². The van der Waals surface area contributed by atoms with Crippen LogP contribution < -0.4 is 0 Å². The van der Waals surface area contributed by atoms with Crippen LogP contribution in [0.4, 0.5) is 4.39 Å². The summed E-state index contributed by atoms with van der Waals surface area (Å²) < 4.78 is 13.2. The quantitative estimate of drug-likeness (QED) is 0.562. The molecule has 0 radical (unpaired) electrons. The lowest BCUT2D eigenvalue weighted by Crippen LogP contribution is -2.13. The van der Waals surface area contributed by atoms with Gasteiger partial charge in [0.1, 0.15) is 6.17 Å². The minimum atomic E-state index is -0.410. The van der Waals surface area contributed by atoms with Crippen LogP contribution in [0.1, 0.15) is 6.42 Å². The first-order chi connectivity index (χ1) is 4.84. The zero-order valence-electron chi connectivity index (χ0n) is 5.96. The van der Waals surface area contributed by atoms with Crippen LogP contribution in [0.2, 0.25) is 0 Å². The van der Waals surface area contributed by atoms with Crippen LogP contribution in [0.3, 0.4) is 0 Å². The molecule has 0 aliphatic heterocycles. The van der Waals surface area contributed by atoms with Gasteiger partial charge in [-0.3, -0.25) is 0 Å². The van der Waals surface area contributed by atoms with Crippen molar-refractivity contribution in [3.63, 3.8) is 0 Å². The second-order valence-corrected chi connectivity index (χ2v) is 4.88. The fourth-order valence-electron chi connectivity index (χ4n) is 3.32. The largest absolute Gasteiger partial charge is 0.247 e. The average Bonchev–Trinajstić information content (AvgIpc) is 2.29. The van der Waals surface area contributed by atoms with Gasteiger partial charge < -0.3 is 0 Å². The maximum absolute atomic E-state index is 13.2. The normalized spacial score (nSPS) is 69.0. The predicted molar refractivity (Wildman–Crippen MR) is 40.8 cm³/mol. The summed E-state index contributed by atoms with van der Waals surface area (Å²) in [5.74, 6) is 2.59.